The zero-order valence-corrected chi connectivity index (χ0v) is 9.84. The Labute approximate surface area is 99.1 Å². The molecule has 2 heterocycles. The molecule has 0 spiro atoms. The van der Waals surface area contributed by atoms with Crippen molar-refractivity contribution in [2.75, 3.05) is 0 Å². The molecule has 0 atom stereocenters. The van der Waals surface area contributed by atoms with Crippen LogP contribution in [0.25, 0.3) is 5.95 Å². The molecule has 0 aliphatic heterocycles. The summed E-state index contributed by atoms with van der Waals surface area (Å²) in [6, 6.07) is 0. The van der Waals surface area contributed by atoms with Crippen LogP contribution in [-0.4, -0.2) is 30.8 Å². The summed E-state index contributed by atoms with van der Waals surface area (Å²) in [4.78, 5) is 18.8. The van der Waals surface area contributed by atoms with Crippen molar-refractivity contribution in [1.82, 2.24) is 19.7 Å². The van der Waals surface area contributed by atoms with Gasteiger partial charge in [-0.15, -0.1) is 0 Å². The smallest absolute Gasteiger partial charge is 0.339 e. The first-order chi connectivity index (χ1) is 7.58. The van der Waals surface area contributed by atoms with Gasteiger partial charge in [0.2, 0.25) is 0 Å². The van der Waals surface area contributed by atoms with E-state index in [9.17, 15) is 4.79 Å². The zero-order valence-electron chi connectivity index (χ0n) is 8.25. The van der Waals surface area contributed by atoms with E-state index in [0.29, 0.717) is 11.6 Å². The normalized spacial score (nSPS) is 10.4. The Morgan fingerprint density at radius 2 is 2.06 bits per heavy atom. The highest BCUT2D eigenvalue weighted by Crippen LogP contribution is 2.10. The Bertz CT molecular complexity index is 535. The Morgan fingerprint density at radius 1 is 1.44 bits per heavy atom. The fourth-order valence-electron chi connectivity index (χ4n) is 1.20. The lowest BCUT2D eigenvalue weighted by atomic mass is 10.3. The molecule has 0 bridgehead atoms. The first-order valence-corrected chi connectivity index (χ1v) is 5.14. The molecule has 7 heteroatoms. The minimum Gasteiger partial charge on any atom is -0.478 e. The third-order valence-electron chi connectivity index (χ3n) is 1.94. The lowest BCUT2D eigenvalue weighted by Crippen LogP contribution is -2.01. The second-order valence-electron chi connectivity index (χ2n) is 3.08. The summed E-state index contributed by atoms with van der Waals surface area (Å²) in [5.74, 6) is -0.681. The van der Waals surface area contributed by atoms with E-state index in [1.165, 1.54) is 10.9 Å². The standard InChI is InChI=1S/C9H7BrN4O2/c1-5-7(8(15)16)4-14(13-5)9-11-2-6(10)3-12-9/h2-4H,1H3,(H,15,16). The van der Waals surface area contributed by atoms with Gasteiger partial charge >= 0.3 is 5.97 Å². The lowest BCUT2D eigenvalue weighted by Gasteiger charge is -1.97. The number of halogens is 1. The number of carboxylic acids is 1. The molecular formula is C9H7BrN4O2. The number of nitrogens with zero attached hydrogens (tertiary/aromatic N) is 4. The van der Waals surface area contributed by atoms with Crippen molar-refractivity contribution in [1.29, 1.82) is 0 Å². The van der Waals surface area contributed by atoms with Crippen LogP contribution in [0.5, 0.6) is 0 Å². The highest BCUT2D eigenvalue weighted by atomic mass is 79.9. The summed E-state index contributed by atoms with van der Waals surface area (Å²) in [7, 11) is 0. The molecule has 1 N–H and O–H groups in total. The van der Waals surface area contributed by atoms with Crippen LogP contribution in [0.3, 0.4) is 0 Å². The maximum absolute atomic E-state index is 10.8. The van der Waals surface area contributed by atoms with E-state index in [4.69, 9.17) is 5.11 Å². The average Bonchev–Trinajstić information content (AvgIpc) is 2.61. The van der Waals surface area contributed by atoms with Crippen LogP contribution in [0.1, 0.15) is 16.1 Å². The molecular weight excluding hydrogens is 276 g/mol. The number of aryl methyl sites for hydroxylation is 1. The molecule has 0 saturated heterocycles. The van der Waals surface area contributed by atoms with Crippen LogP contribution in [0, 0.1) is 6.92 Å². The number of aromatic carboxylic acids is 1. The van der Waals surface area contributed by atoms with Gasteiger partial charge in [-0.2, -0.15) is 5.10 Å². The monoisotopic (exact) mass is 282 g/mol. The van der Waals surface area contributed by atoms with Crippen molar-refractivity contribution in [3.63, 3.8) is 0 Å². The predicted octanol–water partition coefficient (Wildman–Crippen LogP) is 1.43. The highest BCUT2D eigenvalue weighted by molar-refractivity contribution is 9.10. The summed E-state index contributed by atoms with van der Waals surface area (Å²) in [5.41, 5.74) is 0.575. The largest absolute Gasteiger partial charge is 0.478 e. The average molecular weight is 283 g/mol. The number of hydrogen-bond donors (Lipinski definition) is 1. The molecule has 0 saturated carbocycles. The number of hydrogen-bond acceptors (Lipinski definition) is 4. The second-order valence-corrected chi connectivity index (χ2v) is 3.99. The van der Waals surface area contributed by atoms with Gasteiger partial charge in [0.1, 0.15) is 5.56 Å². The van der Waals surface area contributed by atoms with Gasteiger partial charge in [0, 0.05) is 18.6 Å². The van der Waals surface area contributed by atoms with Gasteiger partial charge in [-0.25, -0.2) is 19.4 Å². The van der Waals surface area contributed by atoms with Crippen LogP contribution < -0.4 is 0 Å². The van der Waals surface area contributed by atoms with Crippen molar-refractivity contribution in [3.05, 3.63) is 34.3 Å². The van der Waals surface area contributed by atoms with Crippen molar-refractivity contribution in [2.24, 2.45) is 0 Å². The number of aromatic nitrogens is 4. The number of carbonyl (C=O) groups is 1. The second kappa shape index (κ2) is 4.01. The fourth-order valence-corrected chi connectivity index (χ4v) is 1.40. The van der Waals surface area contributed by atoms with Crippen LogP contribution in [0.4, 0.5) is 0 Å². The predicted molar refractivity (Wildman–Crippen MR) is 58.6 cm³/mol. The van der Waals surface area contributed by atoms with Gasteiger partial charge in [-0.1, -0.05) is 0 Å². The summed E-state index contributed by atoms with van der Waals surface area (Å²) in [6.45, 7) is 1.62. The first kappa shape index (κ1) is 10.7. The van der Waals surface area contributed by atoms with Crippen LogP contribution in [0.15, 0.2) is 23.1 Å². The molecule has 0 aliphatic carbocycles. The molecule has 2 aromatic rings. The summed E-state index contributed by atoms with van der Waals surface area (Å²) in [6.07, 6.45) is 4.53. The van der Waals surface area contributed by atoms with Crippen molar-refractivity contribution >= 4 is 21.9 Å². The Kier molecular flexibility index (Phi) is 2.69. The Morgan fingerprint density at radius 3 is 2.56 bits per heavy atom. The van der Waals surface area contributed by atoms with Crippen LogP contribution >= 0.6 is 15.9 Å². The van der Waals surface area contributed by atoms with Crippen molar-refractivity contribution in [2.45, 2.75) is 6.92 Å². The van der Waals surface area contributed by atoms with Crippen molar-refractivity contribution in [3.8, 4) is 5.95 Å². The van der Waals surface area contributed by atoms with E-state index in [0.717, 1.165) is 4.47 Å². The minimum absolute atomic E-state index is 0.145. The zero-order chi connectivity index (χ0) is 11.7. The van der Waals surface area contributed by atoms with Crippen LogP contribution in [-0.2, 0) is 0 Å². The van der Waals surface area contributed by atoms with Gasteiger partial charge in [0.05, 0.1) is 10.2 Å². The summed E-state index contributed by atoms with van der Waals surface area (Å²) >= 11 is 3.21. The third kappa shape index (κ3) is 1.94. The van der Waals surface area contributed by atoms with E-state index in [1.54, 1.807) is 19.3 Å². The number of rotatable bonds is 2. The Hall–Kier alpha value is -1.76. The maximum Gasteiger partial charge on any atom is 0.339 e. The van der Waals surface area contributed by atoms with E-state index < -0.39 is 5.97 Å². The molecule has 16 heavy (non-hydrogen) atoms. The molecule has 0 aliphatic rings. The molecule has 0 unspecified atom stereocenters. The molecule has 2 aromatic heterocycles. The van der Waals surface area contributed by atoms with Gasteiger partial charge in [0.15, 0.2) is 0 Å². The highest BCUT2D eigenvalue weighted by Gasteiger charge is 2.13. The lowest BCUT2D eigenvalue weighted by molar-refractivity contribution is 0.0696. The van der Waals surface area contributed by atoms with Gasteiger partial charge in [-0.3, -0.25) is 0 Å². The molecule has 2 rings (SSSR count). The molecule has 0 amide bonds. The molecule has 0 fully saturated rings. The van der Waals surface area contributed by atoms with Gasteiger partial charge < -0.3 is 5.11 Å². The van der Waals surface area contributed by atoms with Crippen molar-refractivity contribution < 1.29 is 9.90 Å². The van der Waals surface area contributed by atoms with E-state index >= 15 is 0 Å². The van der Waals surface area contributed by atoms with Gasteiger partial charge in [-0.05, 0) is 22.9 Å². The third-order valence-corrected chi connectivity index (χ3v) is 2.35. The molecule has 6 nitrogen and oxygen atoms in total. The summed E-state index contributed by atoms with van der Waals surface area (Å²) in [5, 5.41) is 12.9. The van der Waals surface area contributed by atoms with E-state index in [1.807, 2.05) is 0 Å². The Balaban J connectivity index is 2.45. The number of carboxylic acid groups (broad SMARTS) is 1. The van der Waals surface area contributed by atoms with Crippen LogP contribution in [0.2, 0.25) is 0 Å². The molecule has 0 radical (unpaired) electrons. The first-order valence-electron chi connectivity index (χ1n) is 4.35. The molecule has 82 valence electrons. The SMILES string of the molecule is Cc1nn(-c2ncc(Br)cn2)cc1C(=O)O. The van der Waals surface area contributed by atoms with E-state index in [-0.39, 0.29) is 5.56 Å². The van der Waals surface area contributed by atoms with E-state index in [2.05, 4.69) is 31.0 Å². The van der Waals surface area contributed by atoms with Gasteiger partial charge in [0.25, 0.3) is 5.95 Å². The summed E-state index contributed by atoms with van der Waals surface area (Å²) < 4.78 is 2.09. The quantitative estimate of drug-likeness (QED) is 0.901. The molecule has 0 aromatic carbocycles. The fraction of sp³-hybridized carbons (Fsp3) is 0.111. The minimum atomic E-state index is -1.01. The topological polar surface area (TPSA) is 80.9 Å². The maximum atomic E-state index is 10.8.